The number of hydrogen-bond donors (Lipinski definition) is 3. The molecule has 3 N–H and O–H groups in total. The van der Waals surface area contributed by atoms with Gasteiger partial charge in [-0.1, -0.05) is 0 Å². The van der Waals surface area contributed by atoms with Crippen molar-refractivity contribution in [3.63, 3.8) is 0 Å². The third-order valence-corrected chi connectivity index (χ3v) is 3.65. The summed E-state index contributed by atoms with van der Waals surface area (Å²) in [5.41, 5.74) is 2.69. The number of carbonyl (C=O) groups excluding carboxylic acids is 2. The highest BCUT2D eigenvalue weighted by Crippen LogP contribution is 2.18. The Bertz CT molecular complexity index is 1040. The predicted molar refractivity (Wildman–Crippen MR) is 105 cm³/mol. The molecule has 0 aliphatic carbocycles. The highest BCUT2D eigenvalue weighted by Gasteiger charge is 2.10. The fourth-order valence-electron chi connectivity index (χ4n) is 2.36. The summed E-state index contributed by atoms with van der Waals surface area (Å²) in [4.78, 5) is 31.5. The van der Waals surface area contributed by atoms with Crippen molar-refractivity contribution in [2.24, 2.45) is 0 Å². The lowest BCUT2D eigenvalue weighted by Crippen LogP contribution is -2.14. The molecule has 0 saturated carbocycles. The van der Waals surface area contributed by atoms with E-state index in [9.17, 15) is 9.59 Å². The van der Waals surface area contributed by atoms with Gasteiger partial charge in [-0.15, -0.1) is 0 Å². The van der Waals surface area contributed by atoms with Crippen molar-refractivity contribution in [2.45, 2.75) is 6.92 Å². The van der Waals surface area contributed by atoms with Crippen molar-refractivity contribution in [1.82, 2.24) is 9.97 Å². The average Bonchev–Trinajstić information content (AvgIpc) is 2.70. The Balaban J connectivity index is 1.68. The molecule has 0 bridgehead atoms. The lowest BCUT2D eigenvalue weighted by Gasteiger charge is -2.09. The second-order valence-electron chi connectivity index (χ2n) is 5.82. The molecule has 0 spiro atoms. The number of anilines is 4. The number of amides is 2. The summed E-state index contributed by atoms with van der Waals surface area (Å²) in [6.45, 7) is 1.44. The van der Waals surface area contributed by atoms with E-state index in [0.717, 1.165) is 5.69 Å². The van der Waals surface area contributed by atoms with Crippen LogP contribution in [0.25, 0.3) is 0 Å². The van der Waals surface area contributed by atoms with E-state index < -0.39 is 5.91 Å². The maximum atomic E-state index is 12.4. The molecule has 1 heterocycles. The van der Waals surface area contributed by atoms with E-state index in [2.05, 4.69) is 25.9 Å². The van der Waals surface area contributed by atoms with Crippen LogP contribution in [0.4, 0.5) is 22.9 Å². The number of hydrogen-bond acceptors (Lipinski definition) is 6. The molecule has 0 aliphatic heterocycles. The molecule has 2 aromatic carbocycles. The molecular formula is C20H16N6O2. The fraction of sp³-hybridized carbons (Fsp3) is 0.0500. The molecule has 1 aromatic heterocycles. The Hall–Kier alpha value is -4.25. The minimum Gasteiger partial charge on any atom is -0.340 e. The topological polar surface area (TPSA) is 120 Å². The van der Waals surface area contributed by atoms with Gasteiger partial charge >= 0.3 is 0 Å². The highest BCUT2D eigenvalue weighted by molar-refractivity contribution is 6.03. The van der Waals surface area contributed by atoms with Crippen molar-refractivity contribution < 1.29 is 9.59 Å². The summed E-state index contributed by atoms with van der Waals surface area (Å²) in [7, 11) is 0. The molecule has 2 amide bonds. The predicted octanol–water partition coefficient (Wildman–Crippen LogP) is 3.30. The van der Waals surface area contributed by atoms with Crippen LogP contribution >= 0.6 is 0 Å². The van der Waals surface area contributed by atoms with Crippen molar-refractivity contribution >= 4 is 34.7 Å². The highest BCUT2D eigenvalue weighted by atomic mass is 16.2. The summed E-state index contributed by atoms with van der Waals surface area (Å²) in [6.07, 6.45) is 1.29. The molecule has 0 aliphatic rings. The number of nitriles is 1. The number of aromatic nitrogens is 2. The van der Waals surface area contributed by atoms with Crippen molar-refractivity contribution in [3.8, 4) is 6.07 Å². The van der Waals surface area contributed by atoms with Gasteiger partial charge in [0.15, 0.2) is 0 Å². The Labute approximate surface area is 161 Å². The molecule has 138 valence electrons. The van der Waals surface area contributed by atoms with Gasteiger partial charge in [0.2, 0.25) is 5.91 Å². The number of nitrogens with one attached hydrogen (secondary N) is 3. The average molecular weight is 372 g/mol. The Kier molecular flexibility index (Phi) is 5.58. The van der Waals surface area contributed by atoms with Crippen LogP contribution in [0.5, 0.6) is 0 Å². The van der Waals surface area contributed by atoms with E-state index in [1.807, 2.05) is 6.07 Å². The van der Waals surface area contributed by atoms with Gasteiger partial charge in [0.1, 0.15) is 17.8 Å². The smallest absolute Gasteiger partial charge is 0.274 e. The van der Waals surface area contributed by atoms with Crippen LogP contribution in [0.3, 0.4) is 0 Å². The molecule has 0 saturated heterocycles. The van der Waals surface area contributed by atoms with E-state index in [1.165, 1.54) is 19.3 Å². The van der Waals surface area contributed by atoms with Gasteiger partial charge in [0, 0.05) is 30.1 Å². The van der Waals surface area contributed by atoms with Gasteiger partial charge in [-0.2, -0.15) is 5.26 Å². The van der Waals surface area contributed by atoms with Crippen LogP contribution < -0.4 is 16.0 Å². The maximum absolute atomic E-state index is 12.4. The minimum atomic E-state index is -0.392. The molecule has 8 nitrogen and oxygen atoms in total. The normalized spacial score (nSPS) is 9.86. The second-order valence-corrected chi connectivity index (χ2v) is 5.82. The quantitative estimate of drug-likeness (QED) is 0.632. The molecule has 3 rings (SSSR count). The first-order valence-electron chi connectivity index (χ1n) is 8.32. The fourth-order valence-corrected chi connectivity index (χ4v) is 2.36. The van der Waals surface area contributed by atoms with Gasteiger partial charge in [-0.3, -0.25) is 9.59 Å². The summed E-state index contributed by atoms with van der Waals surface area (Å²) in [6, 6.07) is 17.1. The molecule has 3 aromatic rings. The molecule has 28 heavy (non-hydrogen) atoms. The number of carbonyl (C=O) groups is 2. The summed E-state index contributed by atoms with van der Waals surface area (Å²) in [5.74, 6) is -0.0853. The summed E-state index contributed by atoms with van der Waals surface area (Å²) in [5, 5.41) is 17.3. The molecule has 8 heteroatoms. The number of nitrogens with zero attached hydrogens (tertiary/aromatic N) is 3. The van der Waals surface area contributed by atoms with Gasteiger partial charge in [0.25, 0.3) is 5.91 Å². The molecule has 0 fully saturated rings. The van der Waals surface area contributed by atoms with E-state index in [4.69, 9.17) is 5.26 Å². The number of benzene rings is 2. The minimum absolute atomic E-state index is 0.144. The van der Waals surface area contributed by atoms with Crippen LogP contribution in [0.15, 0.2) is 60.9 Å². The Morgan fingerprint density at radius 1 is 0.893 bits per heavy atom. The van der Waals surface area contributed by atoms with Crippen LogP contribution in [0.2, 0.25) is 0 Å². The monoisotopic (exact) mass is 372 g/mol. The van der Waals surface area contributed by atoms with Gasteiger partial charge in [-0.05, 0) is 48.5 Å². The zero-order chi connectivity index (χ0) is 19.9. The molecule has 0 atom stereocenters. The van der Waals surface area contributed by atoms with E-state index >= 15 is 0 Å². The van der Waals surface area contributed by atoms with Crippen molar-refractivity contribution in [1.29, 1.82) is 5.26 Å². The van der Waals surface area contributed by atoms with Crippen molar-refractivity contribution in [2.75, 3.05) is 16.0 Å². The van der Waals surface area contributed by atoms with Crippen LogP contribution in [-0.4, -0.2) is 21.8 Å². The second kappa shape index (κ2) is 8.42. The van der Waals surface area contributed by atoms with E-state index in [-0.39, 0.29) is 11.6 Å². The van der Waals surface area contributed by atoms with Crippen LogP contribution in [-0.2, 0) is 4.79 Å². The first-order chi connectivity index (χ1) is 13.5. The van der Waals surface area contributed by atoms with Gasteiger partial charge in [-0.25, -0.2) is 9.97 Å². The number of rotatable bonds is 5. The largest absolute Gasteiger partial charge is 0.340 e. The van der Waals surface area contributed by atoms with Crippen LogP contribution in [0, 0.1) is 11.3 Å². The third-order valence-electron chi connectivity index (χ3n) is 3.65. The lowest BCUT2D eigenvalue weighted by molar-refractivity contribution is -0.114. The Morgan fingerprint density at radius 2 is 1.50 bits per heavy atom. The SMILES string of the molecule is CC(=O)Nc1ccc(Nc2cc(C(=O)Nc3ccc(C#N)cc3)ncn2)cc1. The summed E-state index contributed by atoms with van der Waals surface area (Å²) < 4.78 is 0. The third kappa shape index (κ3) is 4.89. The summed E-state index contributed by atoms with van der Waals surface area (Å²) >= 11 is 0. The Morgan fingerprint density at radius 3 is 2.14 bits per heavy atom. The van der Waals surface area contributed by atoms with E-state index in [1.54, 1.807) is 48.5 Å². The zero-order valence-corrected chi connectivity index (χ0v) is 14.9. The van der Waals surface area contributed by atoms with Crippen LogP contribution in [0.1, 0.15) is 23.0 Å². The molecule has 0 unspecified atom stereocenters. The van der Waals surface area contributed by atoms with E-state index in [0.29, 0.717) is 22.8 Å². The lowest BCUT2D eigenvalue weighted by atomic mass is 10.2. The maximum Gasteiger partial charge on any atom is 0.274 e. The first kappa shape index (κ1) is 18.5. The molecular weight excluding hydrogens is 356 g/mol. The first-order valence-corrected chi connectivity index (χ1v) is 8.32. The van der Waals surface area contributed by atoms with Gasteiger partial charge < -0.3 is 16.0 Å². The standard InChI is InChI=1S/C20H16N6O2/c1-13(27)24-15-6-8-16(9-7-15)25-19-10-18(22-12-23-19)20(28)26-17-4-2-14(11-21)3-5-17/h2-10,12H,1H3,(H,24,27)(H,26,28)(H,22,23,25). The molecule has 0 radical (unpaired) electrons. The zero-order valence-electron chi connectivity index (χ0n) is 14.9. The van der Waals surface area contributed by atoms with Gasteiger partial charge in [0.05, 0.1) is 11.6 Å². The van der Waals surface area contributed by atoms with Crippen molar-refractivity contribution in [3.05, 3.63) is 72.2 Å².